The summed E-state index contributed by atoms with van der Waals surface area (Å²) in [5, 5.41) is 10.7. The molecule has 160 valence electrons. The van der Waals surface area contributed by atoms with E-state index in [9.17, 15) is 35.8 Å². The number of benzene rings is 2. The van der Waals surface area contributed by atoms with Gasteiger partial charge in [0.05, 0.1) is 24.3 Å². The zero-order chi connectivity index (χ0) is 21.9. The van der Waals surface area contributed by atoms with Crippen molar-refractivity contribution in [1.29, 1.82) is 0 Å². The molecule has 0 spiro atoms. The third kappa shape index (κ3) is 6.15. The summed E-state index contributed by atoms with van der Waals surface area (Å²) in [6, 6.07) is 6.04. The molecule has 10 heteroatoms. The smallest absolute Gasteiger partial charge is 0.383 e. The zero-order valence-corrected chi connectivity index (χ0v) is 14.9. The van der Waals surface area contributed by atoms with Gasteiger partial charge in [0.15, 0.2) is 0 Å². The van der Waals surface area contributed by atoms with E-state index < -0.39 is 48.1 Å². The zero-order valence-electron chi connectivity index (χ0n) is 14.9. The van der Waals surface area contributed by atoms with E-state index in [0.29, 0.717) is 12.1 Å². The standard InChI is InChI=1S/C19H18F7NO2/c20-16-3-1-2-13(9-16)17(28,4-5-27)11-29-10-12-6-14(18(21,22)23)8-15(7-12)19(24,25)26/h1-3,6-9,28H,4-5,10-11,27H2. The molecule has 0 aliphatic carbocycles. The van der Waals surface area contributed by atoms with E-state index in [-0.39, 0.29) is 30.2 Å². The molecule has 2 aromatic rings. The van der Waals surface area contributed by atoms with Crippen LogP contribution in [0.3, 0.4) is 0 Å². The maximum absolute atomic E-state index is 13.4. The van der Waals surface area contributed by atoms with Crippen LogP contribution in [-0.4, -0.2) is 18.3 Å². The van der Waals surface area contributed by atoms with E-state index in [4.69, 9.17) is 10.5 Å². The highest BCUT2D eigenvalue weighted by Crippen LogP contribution is 2.36. The van der Waals surface area contributed by atoms with Gasteiger partial charge in [-0.15, -0.1) is 0 Å². The van der Waals surface area contributed by atoms with Gasteiger partial charge >= 0.3 is 12.4 Å². The topological polar surface area (TPSA) is 55.5 Å². The summed E-state index contributed by atoms with van der Waals surface area (Å²) >= 11 is 0. The Kier molecular flexibility index (Phi) is 6.92. The summed E-state index contributed by atoms with van der Waals surface area (Å²) in [6.07, 6.45) is -10.0. The first-order valence-electron chi connectivity index (χ1n) is 8.40. The summed E-state index contributed by atoms with van der Waals surface area (Å²) in [4.78, 5) is 0. The van der Waals surface area contributed by atoms with Gasteiger partial charge < -0.3 is 15.6 Å². The van der Waals surface area contributed by atoms with Crippen molar-refractivity contribution in [2.75, 3.05) is 13.2 Å². The first-order valence-corrected chi connectivity index (χ1v) is 8.40. The second-order valence-electron chi connectivity index (χ2n) is 6.49. The second kappa shape index (κ2) is 8.68. The molecule has 0 radical (unpaired) electrons. The Morgan fingerprint density at radius 1 is 0.862 bits per heavy atom. The molecular formula is C19H18F7NO2. The van der Waals surface area contributed by atoms with E-state index in [1.54, 1.807) is 0 Å². The SMILES string of the molecule is NCCC(O)(COCc1cc(C(F)(F)F)cc(C(F)(F)F)c1)c1cccc(F)c1. The average Bonchev–Trinajstić information content (AvgIpc) is 2.60. The van der Waals surface area contributed by atoms with Crippen molar-refractivity contribution in [1.82, 2.24) is 0 Å². The molecule has 0 saturated heterocycles. The minimum absolute atomic E-state index is 0.0149. The van der Waals surface area contributed by atoms with Crippen LogP contribution in [0.2, 0.25) is 0 Å². The third-order valence-electron chi connectivity index (χ3n) is 4.18. The van der Waals surface area contributed by atoms with Gasteiger partial charge in [0.2, 0.25) is 0 Å². The molecule has 0 aliphatic heterocycles. The normalized spacial score (nSPS) is 14.7. The third-order valence-corrected chi connectivity index (χ3v) is 4.18. The van der Waals surface area contributed by atoms with Crippen LogP contribution in [0, 0.1) is 5.82 Å². The lowest BCUT2D eigenvalue weighted by Gasteiger charge is -2.28. The molecule has 2 rings (SSSR count). The van der Waals surface area contributed by atoms with E-state index >= 15 is 0 Å². The van der Waals surface area contributed by atoms with Crippen molar-refractivity contribution < 1.29 is 40.6 Å². The largest absolute Gasteiger partial charge is 0.416 e. The van der Waals surface area contributed by atoms with E-state index in [2.05, 4.69) is 0 Å². The summed E-state index contributed by atoms with van der Waals surface area (Å²) in [7, 11) is 0. The molecule has 0 bridgehead atoms. The van der Waals surface area contributed by atoms with Crippen LogP contribution in [0.15, 0.2) is 42.5 Å². The first-order chi connectivity index (χ1) is 13.3. The van der Waals surface area contributed by atoms with Gasteiger partial charge in [0.25, 0.3) is 0 Å². The summed E-state index contributed by atoms with van der Waals surface area (Å²) in [6.45, 7) is -1.15. The van der Waals surface area contributed by atoms with Crippen LogP contribution < -0.4 is 5.73 Å². The van der Waals surface area contributed by atoms with Crippen molar-refractivity contribution in [2.45, 2.75) is 31.0 Å². The fourth-order valence-electron chi connectivity index (χ4n) is 2.76. The van der Waals surface area contributed by atoms with E-state index in [0.717, 1.165) is 12.1 Å². The molecule has 0 aliphatic rings. The molecule has 0 heterocycles. The summed E-state index contributed by atoms with van der Waals surface area (Å²) in [5.41, 5.74) is 0.515. The minimum Gasteiger partial charge on any atom is -0.383 e. The Labute approximate surface area is 161 Å². The molecule has 3 N–H and O–H groups in total. The highest BCUT2D eigenvalue weighted by Gasteiger charge is 2.37. The molecule has 0 fully saturated rings. The highest BCUT2D eigenvalue weighted by atomic mass is 19.4. The van der Waals surface area contributed by atoms with Gasteiger partial charge in [-0.25, -0.2) is 4.39 Å². The average molecular weight is 425 g/mol. The molecule has 0 amide bonds. The molecule has 0 aromatic heterocycles. The van der Waals surface area contributed by atoms with Gasteiger partial charge in [-0.2, -0.15) is 26.3 Å². The van der Waals surface area contributed by atoms with Gasteiger partial charge in [-0.3, -0.25) is 0 Å². The van der Waals surface area contributed by atoms with Gasteiger partial charge in [-0.05, 0) is 54.4 Å². The van der Waals surface area contributed by atoms with Crippen LogP contribution in [0.4, 0.5) is 30.7 Å². The monoisotopic (exact) mass is 425 g/mol. The number of ether oxygens (including phenoxy) is 1. The fourth-order valence-corrected chi connectivity index (χ4v) is 2.76. The Balaban J connectivity index is 2.23. The van der Waals surface area contributed by atoms with E-state index in [1.165, 1.54) is 12.1 Å². The number of hydrogen-bond acceptors (Lipinski definition) is 3. The second-order valence-corrected chi connectivity index (χ2v) is 6.49. The number of hydrogen-bond donors (Lipinski definition) is 2. The highest BCUT2D eigenvalue weighted by molar-refractivity contribution is 5.33. The van der Waals surface area contributed by atoms with Crippen molar-refractivity contribution in [2.24, 2.45) is 5.73 Å². The lowest BCUT2D eigenvalue weighted by Crippen LogP contribution is -2.34. The Bertz CT molecular complexity index is 804. The molecular weight excluding hydrogens is 407 g/mol. The number of rotatable bonds is 7. The van der Waals surface area contributed by atoms with Crippen LogP contribution in [0.1, 0.15) is 28.7 Å². The molecule has 29 heavy (non-hydrogen) atoms. The van der Waals surface area contributed by atoms with Crippen LogP contribution in [-0.2, 0) is 29.3 Å². The first kappa shape index (κ1) is 23.1. The number of nitrogens with two attached hydrogens (primary N) is 1. The lowest BCUT2D eigenvalue weighted by molar-refractivity contribution is -0.143. The van der Waals surface area contributed by atoms with Crippen LogP contribution >= 0.6 is 0 Å². The maximum atomic E-state index is 13.4. The fraction of sp³-hybridized carbons (Fsp3) is 0.368. The Hall–Kier alpha value is -2.17. The minimum atomic E-state index is -4.97. The molecule has 2 aromatic carbocycles. The van der Waals surface area contributed by atoms with Crippen molar-refractivity contribution in [3.63, 3.8) is 0 Å². The quantitative estimate of drug-likeness (QED) is 0.637. The van der Waals surface area contributed by atoms with Crippen LogP contribution in [0.25, 0.3) is 0 Å². The van der Waals surface area contributed by atoms with E-state index in [1.807, 2.05) is 0 Å². The Morgan fingerprint density at radius 3 is 1.93 bits per heavy atom. The number of aliphatic hydroxyl groups is 1. The molecule has 1 atom stereocenters. The van der Waals surface area contributed by atoms with Crippen molar-refractivity contribution in [3.8, 4) is 0 Å². The summed E-state index contributed by atoms with van der Waals surface area (Å²) in [5.74, 6) is -0.634. The van der Waals surface area contributed by atoms with Crippen molar-refractivity contribution in [3.05, 3.63) is 70.5 Å². The van der Waals surface area contributed by atoms with Crippen LogP contribution in [0.5, 0.6) is 0 Å². The molecule has 0 saturated carbocycles. The molecule has 1 unspecified atom stereocenters. The predicted molar refractivity (Wildman–Crippen MR) is 90.1 cm³/mol. The van der Waals surface area contributed by atoms with Gasteiger partial charge in [-0.1, -0.05) is 12.1 Å². The Morgan fingerprint density at radius 2 is 1.45 bits per heavy atom. The van der Waals surface area contributed by atoms with Gasteiger partial charge in [0, 0.05) is 0 Å². The number of halogens is 7. The van der Waals surface area contributed by atoms with Gasteiger partial charge in [0.1, 0.15) is 11.4 Å². The molecule has 3 nitrogen and oxygen atoms in total. The lowest BCUT2D eigenvalue weighted by atomic mass is 9.91. The maximum Gasteiger partial charge on any atom is 0.416 e. The summed E-state index contributed by atoms with van der Waals surface area (Å²) < 4.78 is 96.1. The van der Waals surface area contributed by atoms with Crippen molar-refractivity contribution >= 4 is 0 Å². The number of alkyl halides is 6. The predicted octanol–water partition coefficient (Wildman–Crippen LogP) is 4.62.